The van der Waals surface area contributed by atoms with Crippen LogP contribution in [0.25, 0.3) is 10.6 Å². The number of aromatic nitrogens is 1. The molecule has 0 bridgehead atoms. The van der Waals surface area contributed by atoms with Gasteiger partial charge in [-0.15, -0.1) is 11.3 Å². The Bertz CT molecular complexity index is 692. The van der Waals surface area contributed by atoms with Crippen LogP contribution in [0, 0.1) is 0 Å². The summed E-state index contributed by atoms with van der Waals surface area (Å²) >= 11 is 1.58. The van der Waals surface area contributed by atoms with E-state index in [1.165, 1.54) is 4.88 Å². The van der Waals surface area contributed by atoms with Crippen LogP contribution in [-0.4, -0.2) is 35.4 Å². The molecule has 0 atom stereocenters. The molecule has 6 heteroatoms. The molecule has 0 aliphatic carbocycles. The lowest BCUT2D eigenvalue weighted by molar-refractivity contribution is 0.0255. The van der Waals surface area contributed by atoms with Crippen molar-refractivity contribution in [2.45, 2.75) is 32.3 Å². The van der Waals surface area contributed by atoms with Crippen LogP contribution in [0.15, 0.2) is 24.4 Å². The summed E-state index contributed by atoms with van der Waals surface area (Å²) in [6.07, 6.45) is 4.48. The zero-order chi connectivity index (χ0) is 16.2. The molecule has 1 fully saturated rings. The molecule has 122 valence electrons. The molecule has 1 aliphatic heterocycles. The maximum atomic E-state index is 11.4. The van der Waals surface area contributed by atoms with Crippen LogP contribution in [0.1, 0.15) is 35.0 Å². The summed E-state index contributed by atoms with van der Waals surface area (Å²) in [5.74, 6) is -0.379. The van der Waals surface area contributed by atoms with Crippen LogP contribution in [0.3, 0.4) is 0 Å². The van der Waals surface area contributed by atoms with Crippen molar-refractivity contribution in [3.05, 3.63) is 34.8 Å². The Morgan fingerprint density at radius 1 is 1.39 bits per heavy atom. The van der Waals surface area contributed by atoms with E-state index in [0.29, 0.717) is 19.0 Å². The third-order valence-corrected chi connectivity index (χ3v) is 4.96. The molecule has 0 amide bonds. The first-order chi connectivity index (χ1) is 11.2. The van der Waals surface area contributed by atoms with E-state index in [1.807, 2.05) is 12.3 Å². The van der Waals surface area contributed by atoms with Gasteiger partial charge in [-0.25, -0.2) is 9.78 Å². The summed E-state index contributed by atoms with van der Waals surface area (Å²) in [6, 6.07) is 5.10. The largest absolute Gasteiger partial charge is 0.490 e. The maximum absolute atomic E-state index is 11.4. The van der Waals surface area contributed by atoms with Crippen LogP contribution in [0.2, 0.25) is 0 Å². The number of aromatic carboxylic acids is 1. The molecule has 5 nitrogen and oxygen atoms in total. The molecule has 3 rings (SSSR count). The summed E-state index contributed by atoms with van der Waals surface area (Å²) in [5.41, 5.74) is 1.01. The van der Waals surface area contributed by atoms with E-state index in [0.717, 1.165) is 29.8 Å². The highest BCUT2D eigenvalue weighted by Crippen LogP contribution is 2.31. The molecular weight excluding hydrogens is 314 g/mol. The molecular formula is C17H19NO4S. The first kappa shape index (κ1) is 16.0. The monoisotopic (exact) mass is 333 g/mol. The Labute approximate surface area is 138 Å². The summed E-state index contributed by atoms with van der Waals surface area (Å²) in [5, 5.41) is 10.2. The minimum atomic E-state index is -0.962. The lowest BCUT2D eigenvalue weighted by atomic mass is 10.1. The predicted molar refractivity (Wildman–Crippen MR) is 88.4 cm³/mol. The van der Waals surface area contributed by atoms with Crippen molar-refractivity contribution in [2.24, 2.45) is 0 Å². The SMILES string of the molecule is CCc1cnc(-c2cc(OC3CCOCC3)cc(C(=O)O)c2)s1. The van der Waals surface area contributed by atoms with Crippen LogP contribution in [-0.2, 0) is 11.2 Å². The van der Waals surface area contributed by atoms with Crippen molar-refractivity contribution in [2.75, 3.05) is 13.2 Å². The number of carboxylic acid groups (broad SMARTS) is 1. The minimum absolute atomic E-state index is 0.0724. The van der Waals surface area contributed by atoms with E-state index in [-0.39, 0.29) is 11.7 Å². The number of ether oxygens (including phenoxy) is 2. The zero-order valence-electron chi connectivity index (χ0n) is 12.9. The summed E-state index contributed by atoms with van der Waals surface area (Å²) in [4.78, 5) is 17.0. The number of rotatable bonds is 5. The number of carbonyl (C=O) groups is 1. The third-order valence-electron chi connectivity index (χ3n) is 3.77. The van der Waals surface area contributed by atoms with Crippen molar-refractivity contribution in [1.82, 2.24) is 4.98 Å². The van der Waals surface area contributed by atoms with Gasteiger partial charge in [0, 0.05) is 29.5 Å². The molecule has 0 unspecified atom stereocenters. The zero-order valence-corrected chi connectivity index (χ0v) is 13.8. The normalized spacial score (nSPS) is 15.5. The molecule has 1 saturated heterocycles. The average molecular weight is 333 g/mol. The Hall–Kier alpha value is -1.92. The van der Waals surface area contributed by atoms with Crippen LogP contribution in [0.4, 0.5) is 0 Å². The van der Waals surface area contributed by atoms with E-state index in [4.69, 9.17) is 9.47 Å². The summed E-state index contributed by atoms with van der Waals surface area (Å²) in [6.45, 7) is 3.44. The fourth-order valence-electron chi connectivity index (χ4n) is 2.50. The highest BCUT2D eigenvalue weighted by Gasteiger charge is 2.17. The topological polar surface area (TPSA) is 68.7 Å². The first-order valence-electron chi connectivity index (χ1n) is 7.73. The van der Waals surface area contributed by atoms with Gasteiger partial charge in [-0.2, -0.15) is 0 Å². The third kappa shape index (κ3) is 3.89. The van der Waals surface area contributed by atoms with Gasteiger partial charge in [-0.05, 0) is 24.6 Å². The van der Waals surface area contributed by atoms with Crippen LogP contribution in [0.5, 0.6) is 5.75 Å². The molecule has 1 aliphatic rings. The first-order valence-corrected chi connectivity index (χ1v) is 8.55. The second-order valence-corrected chi connectivity index (χ2v) is 6.58. The van der Waals surface area contributed by atoms with E-state index >= 15 is 0 Å². The quantitative estimate of drug-likeness (QED) is 0.905. The number of nitrogens with zero attached hydrogens (tertiary/aromatic N) is 1. The van der Waals surface area contributed by atoms with E-state index in [2.05, 4.69) is 11.9 Å². The number of aryl methyl sites for hydroxylation is 1. The van der Waals surface area contributed by atoms with Crippen molar-refractivity contribution >= 4 is 17.3 Å². The van der Waals surface area contributed by atoms with Gasteiger partial charge in [0.05, 0.1) is 18.8 Å². The number of hydrogen-bond donors (Lipinski definition) is 1. The molecule has 0 saturated carbocycles. The maximum Gasteiger partial charge on any atom is 0.335 e. The van der Waals surface area contributed by atoms with Gasteiger partial charge < -0.3 is 14.6 Å². The van der Waals surface area contributed by atoms with Gasteiger partial charge in [0.25, 0.3) is 0 Å². The van der Waals surface area contributed by atoms with Gasteiger partial charge >= 0.3 is 5.97 Å². The predicted octanol–water partition coefficient (Wildman–Crippen LogP) is 3.63. The highest BCUT2D eigenvalue weighted by atomic mass is 32.1. The molecule has 2 heterocycles. The van der Waals surface area contributed by atoms with Gasteiger partial charge in [0.15, 0.2) is 0 Å². The Morgan fingerprint density at radius 2 is 2.17 bits per heavy atom. The molecule has 1 N–H and O–H groups in total. The van der Waals surface area contributed by atoms with E-state index in [9.17, 15) is 9.90 Å². The van der Waals surface area contributed by atoms with Crippen molar-refractivity contribution in [1.29, 1.82) is 0 Å². The van der Waals surface area contributed by atoms with Crippen LogP contribution >= 0.6 is 11.3 Å². The fourth-order valence-corrected chi connectivity index (χ4v) is 3.34. The number of hydrogen-bond acceptors (Lipinski definition) is 5. The van der Waals surface area contributed by atoms with Crippen molar-refractivity contribution in [3.8, 4) is 16.3 Å². The number of thiazole rings is 1. The van der Waals surface area contributed by atoms with E-state index < -0.39 is 5.97 Å². The lowest BCUT2D eigenvalue weighted by Gasteiger charge is -2.23. The minimum Gasteiger partial charge on any atom is -0.490 e. The average Bonchev–Trinajstić information content (AvgIpc) is 3.04. The van der Waals surface area contributed by atoms with Crippen LogP contribution < -0.4 is 4.74 Å². The molecule has 23 heavy (non-hydrogen) atoms. The highest BCUT2D eigenvalue weighted by molar-refractivity contribution is 7.15. The van der Waals surface area contributed by atoms with Gasteiger partial charge in [0.2, 0.25) is 0 Å². The second-order valence-electron chi connectivity index (χ2n) is 5.47. The molecule has 1 aromatic heterocycles. The fraction of sp³-hybridized carbons (Fsp3) is 0.412. The summed E-state index contributed by atoms with van der Waals surface area (Å²) in [7, 11) is 0. The van der Waals surface area contributed by atoms with Gasteiger partial charge in [-0.3, -0.25) is 0 Å². The Morgan fingerprint density at radius 3 is 2.83 bits per heavy atom. The molecule has 1 aromatic carbocycles. The molecule has 0 radical (unpaired) electrons. The Kier molecular flexibility index (Phi) is 4.93. The van der Waals surface area contributed by atoms with E-state index in [1.54, 1.807) is 23.5 Å². The second kappa shape index (κ2) is 7.10. The molecule has 0 spiro atoms. The number of carboxylic acids is 1. The van der Waals surface area contributed by atoms with Gasteiger partial charge in [0.1, 0.15) is 16.9 Å². The number of benzene rings is 1. The molecule has 2 aromatic rings. The van der Waals surface area contributed by atoms with Crippen molar-refractivity contribution in [3.63, 3.8) is 0 Å². The summed E-state index contributed by atoms with van der Waals surface area (Å²) < 4.78 is 11.3. The lowest BCUT2D eigenvalue weighted by Crippen LogP contribution is -2.25. The Balaban J connectivity index is 1.90. The van der Waals surface area contributed by atoms with Gasteiger partial charge in [-0.1, -0.05) is 6.92 Å². The standard InChI is InChI=1S/C17H19NO4S/c1-2-15-10-18-16(23-15)11-7-12(17(19)20)9-14(8-11)22-13-3-5-21-6-4-13/h7-10,13H,2-6H2,1H3,(H,19,20). The van der Waals surface area contributed by atoms with Crippen molar-refractivity contribution < 1.29 is 19.4 Å². The smallest absolute Gasteiger partial charge is 0.335 e.